The summed E-state index contributed by atoms with van der Waals surface area (Å²) in [4.78, 5) is 10.4. The zero-order valence-electron chi connectivity index (χ0n) is 10.8. The largest absolute Gasteiger partial charge is 0.329 e. The second-order valence-corrected chi connectivity index (χ2v) is 4.21. The molecule has 1 rings (SSSR count). The van der Waals surface area contributed by atoms with Crippen molar-refractivity contribution in [2.24, 2.45) is 5.73 Å². The topological polar surface area (TPSA) is 81.2 Å². The van der Waals surface area contributed by atoms with Gasteiger partial charge >= 0.3 is 0 Å². The van der Waals surface area contributed by atoms with Gasteiger partial charge in [0.1, 0.15) is 0 Å². The Kier molecular flexibility index (Phi) is 6.32. The molecule has 5 heteroatoms. The lowest BCUT2D eigenvalue weighted by Crippen LogP contribution is -2.23. The number of aryl methyl sites for hydroxylation is 2. The van der Waals surface area contributed by atoms with Crippen molar-refractivity contribution in [1.82, 2.24) is 5.32 Å². The van der Waals surface area contributed by atoms with Gasteiger partial charge in [0.25, 0.3) is 5.69 Å². The van der Waals surface area contributed by atoms with E-state index in [-0.39, 0.29) is 10.6 Å². The molecule has 0 aliphatic heterocycles. The molecule has 100 valence electrons. The van der Waals surface area contributed by atoms with Gasteiger partial charge in [0.15, 0.2) is 0 Å². The Balaban J connectivity index is 2.57. The summed E-state index contributed by atoms with van der Waals surface area (Å²) in [5, 5.41) is 13.9. The highest BCUT2D eigenvalue weighted by Crippen LogP contribution is 2.19. The van der Waals surface area contributed by atoms with Gasteiger partial charge in [-0.05, 0) is 36.9 Å². The first-order valence-electron chi connectivity index (χ1n) is 6.36. The van der Waals surface area contributed by atoms with Crippen molar-refractivity contribution in [2.45, 2.75) is 26.2 Å². The third-order valence-corrected chi connectivity index (χ3v) is 2.90. The van der Waals surface area contributed by atoms with Crippen LogP contribution in [0.15, 0.2) is 18.2 Å². The summed E-state index contributed by atoms with van der Waals surface area (Å²) in [6.45, 7) is 4.44. The lowest BCUT2D eigenvalue weighted by Gasteiger charge is -2.08. The zero-order valence-corrected chi connectivity index (χ0v) is 10.8. The van der Waals surface area contributed by atoms with Gasteiger partial charge in [0.05, 0.1) is 4.92 Å². The first kappa shape index (κ1) is 14.6. The molecule has 0 bridgehead atoms. The van der Waals surface area contributed by atoms with Gasteiger partial charge < -0.3 is 11.1 Å². The molecule has 0 radical (unpaired) electrons. The first-order chi connectivity index (χ1) is 8.69. The zero-order chi connectivity index (χ0) is 13.4. The van der Waals surface area contributed by atoms with E-state index in [9.17, 15) is 10.1 Å². The van der Waals surface area contributed by atoms with E-state index in [1.54, 1.807) is 12.1 Å². The van der Waals surface area contributed by atoms with E-state index >= 15 is 0 Å². The van der Waals surface area contributed by atoms with Gasteiger partial charge in [-0.1, -0.05) is 13.0 Å². The Labute approximate surface area is 108 Å². The van der Waals surface area contributed by atoms with Gasteiger partial charge in [-0.3, -0.25) is 10.1 Å². The van der Waals surface area contributed by atoms with Crippen LogP contribution >= 0.6 is 0 Å². The molecule has 0 spiro atoms. The summed E-state index contributed by atoms with van der Waals surface area (Å²) in [6, 6.07) is 5.14. The quantitative estimate of drug-likeness (QED) is 0.418. The number of non-ortho nitro benzene ring substituents is 1. The molecule has 1 aromatic rings. The van der Waals surface area contributed by atoms with Crippen LogP contribution in [0.2, 0.25) is 0 Å². The van der Waals surface area contributed by atoms with Crippen molar-refractivity contribution < 1.29 is 4.92 Å². The molecule has 1 aromatic carbocycles. The van der Waals surface area contributed by atoms with Gasteiger partial charge in [0.2, 0.25) is 0 Å². The van der Waals surface area contributed by atoms with E-state index < -0.39 is 0 Å². The van der Waals surface area contributed by atoms with E-state index in [2.05, 4.69) is 5.32 Å². The van der Waals surface area contributed by atoms with Crippen molar-refractivity contribution in [3.63, 3.8) is 0 Å². The highest BCUT2D eigenvalue weighted by atomic mass is 16.6. The molecule has 0 aliphatic rings. The number of nitrogens with two attached hydrogens (primary N) is 1. The van der Waals surface area contributed by atoms with Gasteiger partial charge in [0, 0.05) is 25.2 Å². The third-order valence-electron chi connectivity index (χ3n) is 2.90. The Hall–Kier alpha value is -1.46. The molecule has 0 saturated heterocycles. The first-order valence-corrected chi connectivity index (χ1v) is 6.36. The van der Waals surface area contributed by atoms with E-state index in [1.165, 1.54) is 5.56 Å². The fraction of sp³-hybridized carbons (Fsp3) is 0.538. The maximum atomic E-state index is 10.7. The van der Waals surface area contributed by atoms with Crippen LogP contribution in [0.3, 0.4) is 0 Å². The van der Waals surface area contributed by atoms with E-state index in [4.69, 9.17) is 5.73 Å². The molecule has 0 fully saturated rings. The number of rotatable bonds is 8. The summed E-state index contributed by atoms with van der Waals surface area (Å²) in [6.07, 6.45) is 2.79. The minimum Gasteiger partial charge on any atom is -0.329 e. The van der Waals surface area contributed by atoms with Crippen LogP contribution in [0.1, 0.15) is 24.5 Å². The van der Waals surface area contributed by atoms with E-state index in [0.29, 0.717) is 6.54 Å². The van der Waals surface area contributed by atoms with Crippen LogP contribution in [0, 0.1) is 10.1 Å². The van der Waals surface area contributed by atoms with Gasteiger partial charge in [-0.2, -0.15) is 0 Å². The Morgan fingerprint density at radius 1 is 1.33 bits per heavy atom. The van der Waals surface area contributed by atoms with Crippen LogP contribution in [-0.4, -0.2) is 24.6 Å². The molecule has 0 unspecified atom stereocenters. The van der Waals surface area contributed by atoms with Crippen LogP contribution < -0.4 is 11.1 Å². The molecular weight excluding hydrogens is 230 g/mol. The SMILES string of the molecule is CCc1cc([N+](=O)[O-])ccc1CCCNCCN. The molecule has 0 aromatic heterocycles. The number of nitro benzene ring substituents is 1. The highest BCUT2D eigenvalue weighted by Gasteiger charge is 2.09. The lowest BCUT2D eigenvalue weighted by molar-refractivity contribution is -0.384. The maximum Gasteiger partial charge on any atom is 0.269 e. The molecule has 5 nitrogen and oxygen atoms in total. The third kappa shape index (κ3) is 4.43. The smallest absolute Gasteiger partial charge is 0.269 e. The Morgan fingerprint density at radius 2 is 2.11 bits per heavy atom. The normalized spacial score (nSPS) is 10.6. The maximum absolute atomic E-state index is 10.7. The lowest BCUT2D eigenvalue weighted by atomic mass is 10.0. The van der Waals surface area contributed by atoms with Crippen molar-refractivity contribution >= 4 is 5.69 Å². The predicted octanol–water partition coefficient (Wildman–Crippen LogP) is 1.64. The van der Waals surface area contributed by atoms with Crippen LogP contribution in [-0.2, 0) is 12.8 Å². The minimum absolute atomic E-state index is 0.178. The van der Waals surface area contributed by atoms with Crippen LogP contribution in [0.5, 0.6) is 0 Å². The average molecular weight is 251 g/mol. The van der Waals surface area contributed by atoms with Gasteiger partial charge in [-0.15, -0.1) is 0 Å². The van der Waals surface area contributed by atoms with Gasteiger partial charge in [-0.25, -0.2) is 0 Å². The van der Waals surface area contributed by atoms with Crippen molar-refractivity contribution in [1.29, 1.82) is 0 Å². The summed E-state index contributed by atoms with van der Waals surface area (Å²) in [5.41, 5.74) is 7.84. The number of benzene rings is 1. The highest BCUT2D eigenvalue weighted by molar-refractivity contribution is 5.40. The van der Waals surface area contributed by atoms with Crippen LogP contribution in [0.25, 0.3) is 0 Å². The van der Waals surface area contributed by atoms with Crippen molar-refractivity contribution in [3.05, 3.63) is 39.4 Å². The molecule has 0 atom stereocenters. The van der Waals surface area contributed by atoms with Crippen molar-refractivity contribution in [3.8, 4) is 0 Å². The predicted molar refractivity (Wildman–Crippen MR) is 72.7 cm³/mol. The summed E-state index contributed by atoms with van der Waals surface area (Å²) in [5.74, 6) is 0. The molecule has 0 aliphatic carbocycles. The number of hydrogen-bond acceptors (Lipinski definition) is 4. The average Bonchev–Trinajstić information content (AvgIpc) is 2.38. The molecular formula is C13H21N3O2. The summed E-state index contributed by atoms with van der Waals surface area (Å²) in [7, 11) is 0. The van der Waals surface area contributed by atoms with E-state index in [1.807, 2.05) is 13.0 Å². The van der Waals surface area contributed by atoms with Crippen molar-refractivity contribution in [2.75, 3.05) is 19.6 Å². The Bertz CT molecular complexity index is 394. The minimum atomic E-state index is -0.342. The molecule has 0 saturated carbocycles. The number of nitrogens with zero attached hydrogens (tertiary/aromatic N) is 1. The molecule has 3 N–H and O–H groups in total. The van der Waals surface area contributed by atoms with Crippen LogP contribution in [0.4, 0.5) is 5.69 Å². The number of nitrogens with one attached hydrogen (secondary N) is 1. The monoisotopic (exact) mass is 251 g/mol. The molecule has 0 heterocycles. The fourth-order valence-corrected chi connectivity index (χ4v) is 1.93. The molecule has 18 heavy (non-hydrogen) atoms. The Morgan fingerprint density at radius 3 is 2.72 bits per heavy atom. The fourth-order valence-electron chi connectivity index (χ4n) is 1.93. The second kappa shape index (κ2) is 7.79. The number of hydrogen-bond donors (Lipinski definition) is 2. The summed E-state index contributed by atoms with van der Waals surface area (Å²) >= 11 is 0. The standard InChI is InChI=1S/C13H21N3O2/c1-2-11-10-13(16(17)18)6-5-12(11)4-3-8-15-9-7-14/h5-6,10,15H,2-4,7-9,14H2,1H3. The van der Waals surface area contributed by atoms with E-state index in [0.717, 1.165) is 37.9 Å². The summed E-state index contributed by atoms with van der Waals surface area (Å²) < 4.78 is 0. The number of nitro groups is 1. The molecule has 0 amide bonds. The second-order valence-electron chi connectivity index (χ2n) is 4.21.